The van der Waals surface area contributed by atoms with Crippen LogP contribution in [-0.2, 0) is 0 Å². The van der Waals surface area contributed by atoms with Gasteiger partial charge in [-0.05, 0) is 32.6 Å². The molecule has 0 aromatic rings. The SMILES string of the molecule is CCCCCCCCC/C=C/CCC1N=CCN1C(C)O. The van der Waals surface area contributed by atoms with E-state index in [1.807, 2.05) is 18.0 Å². The predicted molar refractivity (Wildman–Crippen MR) is 91.7 cm³/mol. The van der Waals surface area contributed by atoms with Gasteiger partial charge in [-0.2, -0.15) is 0 Å². The van der Waals surface area contributed by atoms with Crippen LogP contribution in [0.25, 0.3) is 0 Å². The van der Waals surface area contributed by atoms with Gasteiger partial charge in [0.2, 0.25) is 0 Å². The van der Waals surface area contributed by atoms with Crippen molar-refractivity contribution in [2.75, 3.05) is 6.54 Å². The molecule has 3 nitrogen and oxygen atoms in total. The highest BCUT2D eigenvalue weighted by Crippen LogP contribution is 2.15. The number of unbranched alkanes of at least 4 members (excludes halogenated alkanes) is 7. The highest BCUT2D eigenvalue weighted by Gasteiger charge is 2.23. The van der Waals surface area contributed by atoms with Crippen LogP contribution in [0, 0.1) is 0 Å². The molecule has 0 aromatic carbocycles. The van der Waals surface area contributed by atoms with E-state index in [1.165, 1.54) is 51.4 Å². The second kappa shape index (κ2) is 11.9. The van der Waals surface area contributed by atoms with E-state index in [9.17, 15) is 5.11 Å². The molecule has 2 unspecified atom stereocenters. The minimum atomic E-state index is -0.394. The average Bonchev–Trinajstić information content (AvgIpc) is 2.93. The third kappa shape index (κ3) is 8.37. The normalized spacial score (nSPS) is 20.6. The lowest BCUT2D eigenvalue weighted by atomic mass is 10.1. The molecule has 0 saturated heterocycles. The molecule has 0 amide bonds. The number of rotatable bonds is 12. The Balaban J connectivity index is 1.94. The van der Waals surface area contributed by atoms with Gasteiger partial charge in [-0.3, -0.25) is 9.89 Å². The molecule has 2 atom stereocenters. The molecule has 122 valence electrons. The van der Waals surface area contributed by atoms with Crippen LogP contribution in [0.1, 0.15) is 78.1 Å². The maximum absolute atomic E-state index is 9.63. The third-order valence-corrected chi connectivity index (χ3v) is 4.17. The van der Waals surface area contributed by atoms with E-state index in [4.69, 9.17) is 0 Å². The van der Waals surface area contributed by atoms with Gasteiger partial charge in [0.1, 0.15) is 12.4 Å². The van der Waals surface area contributed by atoms with Crippen LogP contribution >= 0.6 is 0 Å². The summed E-state index contributed by atoms with van der Waals surface area (Å²) < 4.78 is 0. The minimum absolute atomic E-state index is 0.174. The lowest BCUT2D eigenvalue weighted by Crippen LogP contribution is -2.37. The predicted octanol–water partition coefficient (Wildman–Crippen LogP) is 4.51. The van der Waals surface area contributed by atoms with Crippen LogP contribution in [0.15, 0.2) is 17.1 Å². The van der Waals surface area contributed by atoms with Crippen LogP contribution < -0.4 is 0 Å². The summed E-state index contributed by atoms with van der Waals surface area (Å²) in [4.78, 5) is 6.46. The Hall–Kier alpha value is -0.670. The first-order valence-electron chi connectivity index (χ1n) is 8.86. The molecule has 21 heavy (non-hydrogen) atoms. The van der Waals surface area contributed by atoms with Crippen LogP contribution in [-0.4, -0.2) is 35.2 Å². The van der Waals surface area contributed by atoms with Gasteiger partial charge in [-0.15, -0.1) is 0 Å². The van der Waals surface area contributed by atoms with E-state index >= 15 is 0 Å². The molecule has 1 aliphatic rings. The number of nitrogens with zero attached hydrogens (tertiary/aromatic N) is 2. The fourth-order valence-electron chi connectivity index (χ4n) is 2.81. The average molecular weight is 294 g/mol. The number of aliphatic hydroxyl groups excluding tert-OH is 1. The van der Waals surface area contributed by atoms with Gasteiger partial charge in [0.15, 0.2) is 0 Å². The van der Waals surface area contributed by atoms with Gasteiger partial charge >= 0.3 is 0 Å². The van der Waals surface area contributed by atoms with Gasteiger partial charge < -0.3 is 5.11 Å². The maximum Gasteiger partial charge on any atom is 0.106 e. The summed E-state index contributed by atoms with van der Waals surface area (Å²) in [6.45, 7) is 4.87. The molecule has 1 N–H and O–H groups in total. The van der Waals surface area contributed by atoms with E-state index in [0.29, 0.717) is 0 Å². The monoisotopic (exact) mass is 294 g/mol. The maximum atomic E-state index is 9.63. The molecular formula is C18H34N2O. The molecule has 0 aromatic heterocycles. The number of hydrogen-bond donors (Lipinski definition) is 1. The molecule has 1 heterocycles. The molecule has 1 rings (SSSR count). The molecule has 0 bridgehead atoms. The third-order valence-electron chi connectivity index (χ3n) is 4.17. The Morgan fingerprint density at radius 3 is 2.52 bits per heavy atom. The minimum Gasteiger partial charge on any atom is -0.379 e. The van der Waals surface area contributed by atoms with Gasteiger partial charge in [-0.25, -0.2) is 0 Å². The second-order valence-electron chi connectivity index (χ2n) is 6.10. The standard InChI is InChI=1S/C18H34N2O/c1-3-4-5-6-7-8-9-10-11-12-13-14-18-19-15-16-20(18)17(2)21/h11-12,15,17-18,21H,3-10,13-14,16H2,1-2H3/b12-11+. The van der Waals surface area contributed by atoms with Gasteiger partial charge in [-0.1, -0.05) is 57.6 Å². The molecule has 0 fully saturated rings. The van der Waals surface area contributed by atoms with Gasteiger partial charge in [0, 0.05) is 12.8 Å². The van der Waals surface area contributed by atoms with Crippen LogP contribution in [0.2, 0.25) is 0 Å². The molecule has 0 saturated carbocycles. The largest absolute Gasteiger partial charge is 0.379 e. The highest BCUT2D eigenvalue weighted by molar-refractivity contribution is 5.62. The summed E-state index contributed by atoms with van der Waals surface area (Å²) in [6.07, 6.45) is 19.2. The molecule has 3 heteroatoms. The van der Waals surface area contributed by atoms with Crippen molar-refractivity contribution in [2.24, 2.45) is 4.99 Å². The first-order valence-corrected chi connectivity index (χ1v) is 8.86. The summed E-state index contributed by atoms with van der Waals surface area (Å²) in [5, 5.41) is 9.63. The van der Waals surface area contributed by atoms with E-state index < -0.39 is 6.23 Å². The van der Waals surface area contributed by atoms with Crippen molar-refractivity contribution >= 4 is 6.21 Å². The van der Waals surface area contributed by atoms with Crippen molar-refractivity contribution in [1.29, 1.82) is 0 Å². The summed E-state index contributed by atoms with van der Waals surface area (Å²) in [7, 11) is 0. The molecule has 0 radical (unpaired) electrons. The Kier molecular flexibility index (Phi) is 10.4. The molecule has 0 aliphatic carbocycles. The molecule has 1 aliphatic heterocycles. The zero-order valence-electron chi connectivity index (χ0n) is 14.0. The summed E-state index contributed by atoms with van der Waals surface area (Å²) in [5.74, 6) is 0. The lowest BCUT2D eigenvalue weighted by Gasteiger charge is -2.25. The van der Waals surface area contributed by atoms with E-state index in [1.54, 1.807) is 0 Å². The summed E-state index contributed by atoms with van der Waals surface area (Å²) >= 11 is 0. The molecular weight excluding hydrogens is 260 g/mol. The van der Waals surface area contributed by atoms with Crippen molar-refractivity contribution in [3.05, 3.63) is 12.2 Å². The zero-order chi connectivity index (χ0) is 15.3. The molecule has 0 spiro atoms. The lowest BCUT2D eigenvalue weighted by molar-refractivity contribution is 0.00797. The number of aliphatic imine (C=N–C) groups is 1. The summed E-state index contributed by atoms with van der Waals surface area (Å²) in [5.41, 5.74) is 0. The van der Waals surface area contributed by atoms with E-state index in [-0.39, 0.29) is 6.17 Å². The number of hydrogen-bond acceptors (Lipinski definition) is 3. The van der Waals surface area contributed by atoms with Crippen molar-refractivity contribution in [3.63, 3.8) is 0 Å². The first-order chi connectivity index (χ1) is 10.3. The number of aliphatic hydroxyl groups is 1. The number of allylic oxidation sites excluding steroid dienone is 2. The van der Waals surface area contributed by atoms with Gasteiger partial charge in [0.25, 0.3) is 0 Å². The Morgan fingerprint density at radius 1 is 1.14 bits per heavy atom. The Bertz CT molecular complexity index is 300. The van der Waals surface area contributed by atoms with Crippen LogP contribution in [0.4, 0.5) is 0 Å². The highest BCUT2D eigenvalue weighted by atomic mass is 16.3. The van der Waals surface area contributed by atoms with Crippen molar-refractivity contribution in [2.45, 2.75) is 90.4 Å². The zero-order valence-corrected chi connectivity index (χ0v) is 14.0. The van der Waals surface area contributed by atoms with Crippen molar-refractivity contribution in [3.8, 4) is 0 Å². The van der Waals surface area contributed by atoms with E-state index in [0.717, 1.165) is 19.4 Å². The second-order valence-corrected chi connectivity index (χ2v) is 6.10. The van der Waals surface area contributed by atoms with Crippen LogP contribution in [0.3, 0.4) is 0 Å². The van der Waals surface area contributed by atoms with E-state index in [2.05, 4.69) is 24.1 Å². The fourth-order valence-corrected chi connectivity index (χ4v) is 2.81. The smallest absolute Gasteiger partial charge is 0.106 e. The fraction of sp³-hybridized carbons (Fsp3) is 0.833. The Labute approximate surface area is 131 Å². The summed E-state index contributed by atoms with van der Waals surface area (Å²) in [6, 6.07) is 0. The Morgan fingerprint density at radius 2 is 1.81 bits per heavy atom. The quantitative estimate of drug-likeness (QED) is 0.424. The van der Waals surface area contributed by atoms with Crippen LogP contribution in [0.5, 0.6) is 0 Å². The van der Waals surface area contributed by atoms with Crippen molar-refractivity contribution in [1.82, 2.24) is 4.90 Å². The topological polar surface area (TPSA) is 35.8 Å². The van der Waals surface area contributed by atoms with Crippen molar-refractivity contribution < 1.29 is 5.11 Å². The van der Waals surface area contributed by atoms with Gasteiger partial charge in [0.05, 0.1) is 0 Å². The first kappa shape index (κ1) is 18.4.